The van der Waals surface area contributed by atoms with Crippen LogP contribution in [0.5, 0.6) is 0 Å². The number of hydrogen-bond acceptors (Lipinski definition) is 2. The number of likely N-dealkylation sites (N-methyl/N-ethyl adjacent to an activating group) is 1. The van der Waals surface area contributed by atoms with Crippen LogP contribution in [0.4, 0.5) is 0 Å². The molecule has 2 aromatic rings. The maximum Gasteiger partial charge on any atom is 0.312 e. The molecule has 0 saturated heterocycles. The molecule has 0 saturated carbocycles. The topological polar surface area (TPSA) is 66.4 Å². The van der Waals surface area contributed by atoms with E-state index in [0.29, 0.717) is 5.56 Å². The summed E-state index contributed by atoms with van der Waals surface area (Å²) < 4.78 is 0. The molecule has 21 heavy (non-hydrogen) atoms. The lowest BCUT2D eigenvalue weighted by molar-refractivity contribution is -0.141. The van der Waals surface area contributed by atoms with Crippen molar-refractivity contribution >= 4 is 11.9 Å². The van der Waals surface area contributed by atoms with Gasteiger partial charge in [0.1, 0.15) is 0 Å². The van der Waals surface area contributed by atoms with E-state index >= 15 is 0 Å². The van der Waals surface area contributed by atoms with Gasteiger partial charge in [-0.25, -0.2) is 0 Å². The number of carboxylic acid groups (broad SMARTS) is 1. The van der Waals surface area contributed by atoms with Crippen molar-refractivity contribution in [1.29, 1.82) is 0 Å². The Morgan fingerprint density at radius 2 is 1.38 bits per heavy atom. The van der Waals surface area contributed by atoms with Gasteiger partial charge in [-0.05, 0) is 22.3 Å². The monoisotopic (exact) mass is 281 g/mol. The molecular formula is C17H15NO3. The second-order valence-corrected chi connectivity index (χ2v) is 5.08. The number of carbonyl (C=O) groups is 2. The molecule has 0 aromatic heterocycles. The third-order valence-electron chi connectivity index (χ3n) is 4.01. The summed E-state index contributed by atoms with van der Waals surface area (Å²) in [5.41, 5.74) is 3.28. The van der Waals surface area contributed by atoms with E-state index in [9.17, 15) is 14.7 Å². The number of hydrogen-bond donors (Lipinski definition) is 2. The summed E-state index contributed by atoms with van der Waals surface area (Å²) in [4.78, 5) is 24.1. The molecule has 0 aliphatic heterocycles. The number of benzene rings is 2. The van der Waals surface area contributed by atoms with Gasteiger partial charge in [0.2, 0.25) is 5.91 Å². The van der Waals surface area contributed by atoms with Crippen LogP contribution in [0.25, 0.3) is 11.1 Å². The SMILES string of the molecule is CNC(=O)[C@@H]1c2ccccc2-c2ccccc2[C@@H]1C(=O)O. The van der Waals surface area contributed by atoms with Crippen LogP contribution >= 0.6 is 0 Å². The summed E-state index contributed by atoms with van der Waals surface area (Å²) >= 11 is 0. The summed E-state index contributed by atoms with van der Waals surface area (Å²) in [5, 5.41) is 12.2. The number of carboxylic acids is 1. The number of nitrogens with one attached hydrogen (secondary N) is 1. The van der Waals surface area contributed by atoms with Gasteiger partial charge in [0, 0.05) is 7.05 Å². The maximum atomic E-state index is 12.3. The highest BCUT2D eigenvalue weighted by atomic mass is 16.4. The highest BCUT2D eigenvalue weighted by Crippen LogP contribution is 2.46. The van der Waals surface area contributed by atoms with Gasteiger partial charge in [-0.3, -0.25) is 9.59 Å². The van der Waals surface area contributed by atoms with E-state index in [0.717, 1.165) is 16.7 Å². The third kappa shape index (κ3) is 2.00. The standard InChI is InChI=1S/C17H15NO3/c1-18-16(19)14-12-8-4-2-6-10(12)11-7-3-5-9-13(11)15(14)17(20)21/h2-9,14-15H,1H3,(H,18,19)(H,20,21)/t14-,15+/m1/s1. The first-order valence-corrected chi connectivity index (χ1v) is 6.77. The van der Waals surface area contributed by atoms with Gasteiger partial charge in [-0.2, -0.15) is 0 Å². The molecule has 2 aromatic carbocycles. The van der Waals surface area contributed by atoms with Crippen molar-refractivity contribution in [2.75, 3.05) is 7.05 Å². The molecule has 3 rings (SSSR count). The van der Waals surface area contributed by atoms with Gasteiger partial charge in [0.15, 0.2) is 0 Å². The number of rotatable bonds is 2. The van der Waals surface area contributed by atoms with E-state index in [2.05, 4.69) is 5.32 Å². The molecular weight excluding hydrogens is 266 g/mol. The predicted molar refractivity (Wildman–Crippen MR) is 79.1 cm³/mol. The molecule has 1 aliphatic rings. The van der Waals surface area contributed by atoms with Gasteiger partial charge in [-0.15, -0.1) is 0 Å². The highest BCUT2D eigenvalue weighted by molar-refractivity contribution is 5.97. The van der Waals surface area contributed by atoms with Crippen molar-refractivity contribution in [3.05, 3.63) is 59.7 Å². The molecule has 4 nitrogen and oxygen atoms in total. The predicted octanol–water partition coefficient (Wildman–Crippen LogP) is 2.36. The Kier molecular flexibility index (Phi) is 3.22. The van der Waals surface area contributed by atoms with Gasteiger partial charge >= 0.3 is 5.97 Å². The van der Waals surface area contributed by atoms with Crippen LogP contribution < -0.4 is 5.32 Å². The van der Waals surface area contributed by atoms with Crippen molar-refractivity contribution in [1.82, 2.24) is 5.32 Å². The molecule has 0 fully saturated rings. The minimum absolute atomic E-state index is 0.274. The fraction of sp³-hybridized carbons (Fsp3) is 0.176. The van der Waals surface area contributed by atoms with Crippen molar-refractivity contribution in [3.63, 3.8) is 0 Å². The molecule has 2 N–H and O–H groups in total. The average molecular weight is 281 g/mol. The Labute approximate surface area is 122 Å². The minimum atomic E-state index is -0.981. The first-order valence-electron chi connectivity index (χ1n) is 6.77. The molecule has 0 bridgehead atoms. The quantitative estimate of drug-likeness (QED) is 0.888. The highest BCUT2D eigenvalue weighted by Gasteiger charge is 2.41. The number of amides is 1. The molecule has 4 heteroatoms. The molecule has 2 atom stereocenters. The lowest BCUT2D eigenvalue weighted by Crippen LogP contribution is -2.35. The minimum Gasteiger partial charge on any atom is -0.481 e. The van der Waals surface area contributed by atoms with Crippen LogP contribution in [0.2, 0.25) is 0 Å². The zero-order valence-electron chi connectivity index (χ0n) is 11.5. The normalized spacial score (nSPS) is 19.3. The van der Waals surface area contributed by atoms with Crippen LogP contribution in [0.3, 0.4) is 0 Å². The second kappa shape index (κ2) is 5.05. The third-order valence-corrected chi connectivity index (χ3v) is 4.01. The molecule has 0 spiro atoms. The molecule has 106 valence electrons. The average Bonchev–Trinajstić information content (AvgIpc) is 2.52. The summed E-state index contributed by atoms with van der Waals surface area (Å²) in [7, 11) is 1.53. The fourth-order valence-corrected chi connectivity index (χ4v) is 3.11. The molecule has 1 aliphatic carbocycles. The van der Waals surface area contributed by atoms with Crippen LogP contribution in [0.15, 0.2) is 48.5 Å². The number of aliphatic carboxylic acids is 1. The van der Waals surface area contributed by atoms with Crippen molar-refractivity contribution in [2.24, 2.45) is 0 Å². The van der Waals surface area contributed by atoms with Gasteiger partial charge < -0.3 is 10.4 Å². The van der Waals surface area contributed by atoms with Crippen molar-refractivity contribution in [2.45, 2.75) is 11.8 Å². The van der Waals surface area contributed by atoms with Crippen molar-refractivity contribution in [3.8, 4) is 11.1 Å². The van der Waals surface area contributed by atoms with Crippen LogP contribution in [0.1, 0.15) is 23.0 Å². The fourth-order valence-electron chi connectivity index (χ4n) is 3.11. The van der Waals surface area contributed by atoms with E-state index in [4.69, 9.17) is 0 Å². The Morgan fingerprint density at radius 1 is 0.905 bits per heavy atom. The molecule has 0 unspecified atom stereocenters. The lowest BCUT2D eigenvalue weighted by Gasteiger charge is -2.32. The Balaban J connectivity index is 2.31. The largest absolute Gasteiger partial charge is 0.481 e. The van der Waals surface area contributed by atoms with E-state index in [1.54, 1.807) is 6.07 Å². The number of carbonyl (C=O) groups excluding carboxylic acids is 1. The Morgan fingerprint density at radius 3 is 1.86 bits per heavy atom. The van der Waals surface area contributed by atoms with Gasteiger partial charge in [-0.1, -0.05) is 48.5 Å². The van der Waals surface area contributed by atoms with Gasteiger partial charge in [0.25, 0.3) is 0 Å². The molecule has 0 radical (unpaired) electrons. The van der Waals surface area contributed by atoms with Crippen LogP contribution in [-0.2, 0) is 9.59 Å². The van der Waals surface area contributed by atoms with Crippen molar-refractivity contribution < 1.29 is 14.7 Å². The van der Waals surface area contributed by atoms with E-state index < -0.39 is 17.8 Å². The maximum absolute atomic E-state index is 12.3. The Hall–Kier alpha value is -2.62. The van der Waals surface area contributed by atoms with E-state index in [-0.39, 0.29) is 5.91 Å². The first kappa shape index (κ1) is 13.4. The zero-order valence-corrected chi connectivity index (χ0v) is 11.5. The summed E-state index contributed by atoms with van der Waals surface area (Å²) in [6.45, 7) is 0. The van der Waals surface area contributed by atoms with E-state index in [1.807, 2.05) is 42.5 Å². The molecule has 0 heterocycles. The van der Waals surface area contributed by atoms with Gasteiger partial charge in [0.05, 0.1) is 11.8 Å². The lowest BCUT2D eigenvalue weighted by atomic mass is 9.71. The number of fused-ring (bicyclic) bond motifs is 3. The Bertz CT molecular complexity index is 723. The summed E-state index contributed by atoms with van der Waals surface area (Å²) in [5.74, 6) is -2.83. The first-order chi connectivity index (χ1) is 10.1. The molecule has 1 amide bonds. The summed E-state index contributed by atoms with van der Waals surface area (Å²) in [6, 6.07) is 14.9. The van der Waals surface area contributed by atoms with Crippen LogP contribution in [-0.4, -0.2) is 24.0 Å². The van der Waals surface area contributed by atoms with E-state index in [1.165, 1.54) is 7.05 Å². The zero-order chi connectivity index (χ0) is 15.0. The summed E-state index contributed by atoms with van der Waals surface area (Å²) in [6.07, 6.45) is 0. The smallest absolute Gasteiger partial charge is 0.312 e. The second-order valence-electron chi connectivity index (χ2n) is 5.08. The van der Waals surface area contributed by atoms with Crippen LogP contribution in [0, 0.1) is 0 Å².